The molecule has 0 aliphatic rings. The third-order valence-electron chi connectivity index (χ3n) is 2.42. The maximum Gasteiger partial charge on any atom is 0.238 e. The number of rotatable bonds is 7. The van der Waals surface area contributed by atoms with Gasteiger partial charge in [-0.05, 0) is 24.6 Å². The number of ether oxygens (including phenoxy) is 1. The van der Waals surface area contributed by atoms with E-state index < -0.39 is 0 Å². The number of alkyl halides is 1. The monoisotopic (exact) mass is 267 g/mol. The molecule has 0 saturated heterocycles. The first-order valence-electron chi connectivity index (χ1n) is 5.87. The molecule has 1 aromatic rings. The van der Waals surface area contributed by atoms with Gasteiger partial charge in [-0.2, -0.15) is 0 Å². The molecule has 98 valence electrons. The van der Waals surface area contributed by atoms with Gasteiger partial charge in [-0.25, -0.2) is 0 Å². The molecule has 0 atom stereocenters. The first-order chi connectivity index (χ1) is 8.71. The first kappa shape index (κ1) is 14.6. The largest absolute Gasteiger partial charge is 0.494 e. The lowest BCUT2D eigenvalue weighted by Gasteiger charge is -2.20. The van der Waals surface area contributed by atoms with Crippen molar-refractivity contribution in [3.05, 3.63) is 42.5 Å². The normalized spacial score (nSPS) is 9.89. The highest BCUT2D eigenvalue weighted by Gasteiger charge is 2.11. The van der Waals surface area contributed by atoms with Gasteiger partial charge in [0.05, 0.1) is 6.61 Å². The summed E-state index contributed by atoms with van der Waals surface area (Å²) in [7, 11) is 0. The van der Waals surface area contributed by atoms with Crippen LogP contribution in [0.25, 0.3) is 0 Å². The number of benzene rings is 1. The SMILES string of the molecule is C=CCN(Cc1ccc(OCC)cc1)C(=O)CCl. The van der Waals surface area contributed by atoms with Gasteiger partial charge in [0, 0.05) is 13.1 Å². The average Bonchev–Trinajstić information content (AvgIpc) is 2.40. The van der Waals surface area contributed by atoms with E-state index in [9.17, 15) is 4.79 Å². The van der Waals surface area contributed by atoms with Crippen molar-refractivity contribution in [1.29, 1.82) is 0 Å². The van der Waals surface area contributed by atoms with Crippen LogP contribution in [0.4, 0.5) is 0 Å². The number of carbonyl (C=O) groups excluding carboxylic acids is 1. The van der Waals surface area contributed by atoms with E-state index in [1.807, 2.05) is 31.2 Å². The quantitative estimate of drug-likeness (QED) is 0.562. The maximum absolute atomic E-state index is 11.6. The number of nitrogens with zero attached hydrogens (tertiary/aromatic N) is 1. The Balaban J connectivity index is 2.68. The van der Waals surface area contributed by atoms with Crippen molar-refractivity contribution in [2.45, 2.75) is 13.5 Å². The maximum atomic E-state index is 11.6. The molecular formula is C14H18ClNO2. The summed E-state index contributed by atoms with van der Waals surface area (Å²) in [6, 6.07) is 7.69. The Kier molecular flexibility index (Phi) is 6.29. The summed E-state index contributed by atoms with van der Waals surface area (Å²) in [5, 5.41) is 0. The van der Waals surface area contributed by atoms with E-state index in [1.165, 1.54) is 0 Å². The van der Waals surface area contributed by atoms with E-state index in [0.717, 1.165) is 11.3 Å². The molecule has 3 nitrogen and oxygen atoms in total. The van der Waals surface area contributed by atoms with Gasteiger partial charge in [0.25, 0.3) is 0 Å². The number of hydrogen-bond acceptors (Lipinski definition) is 2. The molecule has 1 amide bonds. The van der Waals surface area contributed by atoms with Crippen LogP contribution in [0.15, 0.2) is 36.9 Å². The smallest absolute Gasteiger partial charge is 0.238 e. The Bertz CT molecular complexity index is 389. The number of hydrogen-bond donors (Lipinski definition) is 0. The molecule has 1 rings (SSSR count). The molecule has 0 N–H and O–H groups in total. The molecule has 0 saturated carbocycles. The zero-order chi connectivity index (χ0) is 13.4. The standard InChI is InChI=1S/C14H18ClNO2/c1-3-9-16(14(17)10-15)11-12-5-7-13(8-6-12)18-4-2/h3,5-8H,1,4,9-11H2,2H3. The Morgan fingerprint density at radius 2 is 2.11 bits per heavy atom. The molecular weight excluding hydrogens is 250 g/mol. The third kappa shape index (κ3) is 4.41. The highest BCUT2D eigenvalue weighted by Crippen LogP contribution is 2.14. The van der Waals surface area contributed by atoms with E-state index in [0.29, 0.717) is 19.7 Å². The highest BCUT2D eigenvalue weighted by atomic mass is 35.5. The van der Waals surface area contributed by atoms with Gasteiger partial charge in [0.2, 0.25) is 5.91 Å². The lowest BCUT2D eigenvalue weighted by molar-refractivity contribution is -0.128. The van der Waals surface area contributed by atoms with Crippen molar-refractivity contribution in [3.63, 3.8) is 0 Å². The molecule has 18 heavy (non-hydrogen) atoms. The van der Waals surface area contributed by atoms with Crippen molar-refractivity contribution in [2.24, 2.45) is 0 Å². The van der Waals surface area contributed by atoms with Crippen LogP contribution in [-0.2, 0) is 11.3 Å². The molecule has 1 aromatic carbocycles. The predicted molar refractivity (Wildman–Crippen MR) is 73.9 cm³/mol. The van der Waals surface area contributed by atoms with E-state index in [4.69, 9.17) is 16.3 Å². The van der Waals surface area contributed by atoms with E-state index in [-0.39, 0.29) is 11.8 Å². The fourth-order valence-electron chi connectivity index (χ4n) is 1.57. The fraction of sp³-hybridized carbons (Fsp3) is 0.357. The zero-order valence-corrected chi connectivity index (χ0v) is 11.3. The van der Waals surface area contributed by atoms with Crippen LogP contribution in [0.1, 0.15) is 12.5 Å². The molecule has 0 aliphatic carbocycles. The van der Waals surface area contributed by atoms with E-state index in [2.05, 4.69) is 6.58 Å². The molecule has 0 bridgehead atoms. The van der Waals surface area contributed by atoms with Gasteiger partial charge in [-0.15, -0.1) is 18.2 Å². The molecule has 0 unspecified atom stereocenters. The van der Waals surface area contributed by atoms with Gasteiger partial charge in [-0.3, -0.25) is 4.79 Å². The number of carbonyl (C=O) groups is 1. The van der Waals surface area contributed by atoms with Gasteiger partial charge in [0.1, 0.15) is 11.6 Å². The minimum absolute atomic E-state index is 0.00906. The van der Waals surface area contributed by atoms with Crippen molar-refractivity contribution >= 4 is 17.5 Å². The lowest BCUT2D eigenvalue weighted by Crippen LogP contribution is -2.31. The predicted octanol–water partition coefficient (Wildman–Crippen LogP) is 2.84. The molecule has 0 aromatic heterocycles. The molecule has 0 radical (unpaired) electrons. The average molecular weight is 268 g/mol. The summed E-state index contributed by atoms with van der Waals surface area (Å²) in [5.74, 6) is 0.732. The second-order valence-electron chi connectivity index (χ2n) is 3.77. The topological polar surface area (TPSA) is 29.5 Å². The summed E-state index contributed by atoms with van der Waals surface area (Å²) >= 11 is 5.57. The second-order valence-corrected chi connectivity index (χ2v) is 4.04. The minimum atomic E-state index is -0.0922. The van der Waals surface area contributed by atoms with Crippen molar-refractivity contribution < 1.29 is 9.53 Å². The van der Waals surface area contributed by atoms with E-state index >= 15 is 0 Å². The first-order valence-corrected chi connectivity index (χ1v) is 6.41. The van der Waals surface area contributed by atoms with Crippen molar-refractivity contribution in [1.82, 2.24) is 4.90 Å². The number of amides is 1. The van der Waals surface area contributed by atoms with Crippen LogP contribution in [0.2, 0.25) is 0 Å². The van der Waals surface area contributed by atoms with Gasteiger partial charge in [0.15, 0.2) is 0 Å². The number of halogens is 1. The summed E-state index contributed by atoms with van der Waals surface area (Å²) < 4.78 is 5.36. The van der Waals surface area contributed by atoms with Gasteiger partial charge >= 0.3 is 0 Å². The summed E-state index contributed by atoms with van der Waals surface area (Å²) in [6.45, 7) is 7.26. The Morgan fingerprint density at radius 3 is 2.61 bits per heavy atom. The lowest BCUT2D eigenvalue weighted by atomic mass is 10.2. The summed E-state index contributed by atoms with van der Waals surface area (Å²) in [6.07, 6.45) is 1.69. The Morgan fingerprint density at radius 1 is 1.44 bits per heavy atom. The summed E-state index contributed by atoms with van der Waals surface area (Å²) in [4.78, 5) is 13.3. The van der Waals surface area contributed by atoms with Crippen LogP contribution in [0.5, 0.6) is 5.75 Å². The van der Waals surface area contributed by atoms with Gasteiger partial charge in [-0.1, -0.05) is 18.2 Å². The van der Waals surface area contributed by atoms with Crippen LogP contribution in [-0.4, -0.2) is 29.8 Å². The third-order valence-corrected chi connectivity index (χ3v) is 2.65. The zero-order valence-electron chi connectivity index (χ0n) is 10.6. The second kappa shape index (κ2) is 7.77. The fourth-order valence-corrected chi connectivity index (χ4v) is 1.74. The van der Waals surface area contributed by atoms with Crippen molar-refractivity contribution in [3.8, 4) is 5.75 Å². The van der Waals surface area contributed by atoms with Crippen LogP contribution >= 0.6 is 11.6 Å². The van der Waals surface area contributed by atoms with Crippen LogP contribution in [0, 0.1) is 0 Å². The summed E-state index contributed by atoms with van der Waals surface area (Å²) in [5.41, 5.74) is 1.04. The molecule has 0 heterocycles. The highest BCUT2D eigenvalue weighted by molar-refractivity contribution is 6.27. The Hall–Kier alpha value is -1.48. The van der Waals surface area contributed by atoms with E-state index in [1.54, 1.807) is 11.0 Å². The Labute approximate surface area is 113 Å². The van der Waals surface area contributed by atoms with Crippen molar-refractivity contribution in [2.75, 3.05) is 19.0 Å². The van der Waals surface area contributed by atoms with Crippen LogP contribution in [0.3, 0.4) is 0 Å². The molecule has 0 fully saturated rings. The van der Waals surface area contributed by atoms with Crippen LogP contribution < -0.4 is 4.74 Å². The molecule has 0 spiro atoms. The minimum Gasteiger partial charge on any atom is -0.494 e. The molecule has 4 heteroatoms. The van der Waals surface area contributed by atoms with Gasteiger partial charge < -0.3 is 9.64 Å². The molecule has 0 aliphatic heterocycles.